The third kappa shape index (κ3) is 3.52. The van der Waals surface area contributed by atoms with Crippen LogP contribution < -0.4 is 9.88 Å². The van der Waals surface area contributed by atoms with Crippen molar-refractivity contribution in [3.05, 3.63) is 40.2 Å². The van der Waals surface area contributed by atoms with Gasteiger partial charge in [0.05, 0.1) is 11.1 Å². The van der Waals surface area contributed by atoms with Crippen LogP contribution in [0.3, 0.4) is 0 Å². The molecule has 10 nitrogen and oxygen atoms in total. The molecule has 2 rings (SSSR count). The van der Waals surface area contributed by atoms with Crippen molar-refractivity contribution in [1.29, 1.82) is 0 Å². The zero-order valence-corrected chi connectivity index (χ0v) is 11.6. The maximum Gasteiger partial charge on any atom is 0.271 e. The summed E-state index contributed by atoms with van der Waals surface area (Å²) in [5.41, 5.74) is 0.0714. The normalized spacial score (nSPS) is 11.3. The van der Waals surface area contributed by atoms with Crippen LogP contribution in [0, 0.1) is 10.1 Å². The maximum absolute atomic E-state index is 11.5. The van der Waals surface area contributed by atoms with E-state index < -0.39 is 25.5 Å². The molecule has 1 aromatic carbocycles. The Morgan fingerprint density at radius 2 is 2.19 bits per heavy atom. The molecule has 1 heterocycles. The second kappa shape index (κ2) is 5.46. The molecule has 0 bridgehead atoms. The van der Waals surface area contributed by atoms with Gasteiger partial charge in [0.25, 0.3) is 5.69 Å². The van der Waals surface area contributed by atoms with Crippen molar-refractivity contribution in [1.82, 2.24) is 15.0 Å². The molecular formula is C10H11N5O5S. The minimum Gasteiger partial charge on any atom is -0.486 e. The predicted molar refractivity (Wildman–Crippen MR) is 69.8 cm³/mol. The third-order valence-electron chi connectivity index (χ3n) is 2.47. The lowest BCUT2D eigenvalue weighted by atomic mass is 10.3. The molecule has 0 fully saturated rings. The van der Waals surface area contributed by atoms with Crippen LogP contribution in [0.5, 0.6) is 5.75 Å². The Labute approximate surface area is 119 Å². The van der Waals surface area contributed by atoms with Crippen molar-refractivity contribution in [3.63, 3.8) is 0 Å². The Balaban J connectivity index is 2.32. The van der Waals surface area contributed by atoms with Gasteiger partial charge in [-0.3, -0.25) is 14.8 Å². The lowest BCUT2D eigenvalue weighted by molar-refractivity contribution is -0.385. The molecule has 0 spiro atoms. The van der Waals surface area contributed by atoms with E-state index in [1.165, 1.54) is 10.7 Å². The highest BCUT2D eigenvalue weighted by atomic mass is 32.2. The van der Waals surface area contributed by atoms with E-state index in [1.54, 1.807) is 13.2 Å². The number of benzene rings is 1. The summed E-state index contributed by atoms with van der Waals surface area (Å²) >= 11 is 0. The zero-order valence-electron chi connectivity index (χ0n) is 10.8. The fourth-order valence-electron chi connectivity index (χ4n) is 1.57. The molecular weight excluding hydrogens is 302 g/mol. The van der Waals surface area contributed by atoms with E-state index in [9.17, 15) is 18.5 Å². The molecule has 2 aromatic rings. The SMILES string of the molecule is Cn1cc(COc2ccc([N+](=O)[O-])cc2S(N)(=O)=O)nn1. The van der Waals surface area contributed by atoms with E-state index in [2.05, 4.69) is 10.3 Å². The first-order valence-electron chi connectivity index (χ1n) is 5.56. The summed E-state index contributed by atoms with van der Waals surface area (Å²) in [6.07, 6.45) is 1.59. The van der Waals surface area contributed by atoms with Crippen LogP contribution in [0.15, 0.2) is 29.3 Å². The van der Waals surface area contributed by atoms with Crippen LogP contribution in [-0.2, 0) is 23.7 Å². The third-order valence-corrected chi connectivity index (χ3v) is 3.40. The number of non-ortho nitro benzene ring substituents is 1. The molecule has 21 heavy (non-hydrogen) atoms. The number of aromatic nitrogens is 3. The van der Waals surface area contributed by atoms with Gasteiger partial charge < -0.3 is 4.74 Å². The molecule has 0 aliphatic rings. The predicted octanol–water partition coefficient (Wildman–Crippen LogP) is -0.0503. The Morgan fingerprint density at radius 3 is 2.71 bits per heavy atom. The quantitative estimate of drug-likeness (QED) is 0.602. The van der Waals surface area contributed by atoms with Crippen molar-refractivity contribution in [2.75, 3.05) is 0 Å². The topological polar surface area (TPSA) is 143 Å². The monoisotopic (exact) mass is 313 g/mol. The first-order valence-corrected chi connectivity index (χ1v) is 7.11. The van der Waals surface area contributed by atoms with Gasteiger partial charge in [0.2, 0.25) is 10.0 Å². The Bertz CT molecular complexity index is 785. The van der Waals surface area contributed by atoms with Crippen LogP contribution >= 0.6 is 0 Å². The number of primary sulfonamides is 1. The van der Waals surface area contributed by atoms with Gasteiger partial charge in [-0.1, -0.05) is 5.21 Å². The molecule has 0 atom stereocenters. The summed E-state index contributed by atoms with van der Waals surface area (Å²) in [5.74, 6) is -0.0891. The van der Waals surface area contributed by atoms with Crippen LogP contribution in [0.2, 0.25) is 0 Å². The molecule has 0 saturated heterocycles. The number of nitrogens with two attached hydrogens (primary N) is 1. The number of hydrogen-bond donors (Lipinski definition) is 1. The van der Waals surface area contributed by atoms with Gasteiger partial charge in [-0.05, 0) is 6.07 Å². The lowest BCUT2D eigenvalue weighted by Gasteiger charge is -2.08. The highest BCUT2D eigenvalue weighted by Gasteiger charge is 2.20. The van der Waals surface area contributed by atoms with Crippen molar-refractivity contribution in [2.45, 2.75) is 11.5 Å². The molecule has 0 saturated carbocycles. The van der Waals surface area contributed by atoms with Crippen LogP contribution in [-0.4, -0.2) is 28.3 Å². The number of aryl methyl sites for hydroxylation is 1. The number of hydrogen-bond acceptors (Lipinski definition) is 7. The maximum atomic E-state index is 11.5. The molecule has 112 valence electrons. The van der Waals surface area contributed by atoms with E-state index >= 15 is 0 Å². The summed E-state index contributed by atoms with van der Waals surface area (Å²) in [5, 5.41) is 23.2. The van der Waals surface area contributed by atoms with Gasteiger partial charge >= 0.3 is 0 Å². The summed E-state index contributed by atoms with van der Waals surface area (Å²) in [4.78, 5) is 9.50. The molecule has 0 amide bonds. The fraction of sp³-hybridized carbons (Fsp3) is 0.200. The summed E-state index contributed by atoms with van der Waals surface area (Å²) in [7, 11) is -2.49. The van der Waals surface area contributed by atoms with Crippen LogP contribution in [0.25, 0.3) is 0 Å². The molecule has 0 radical (unpaired) electrons. The number of ether oxygens (including phenoxy) is 1. The van der Waals surface area contributed by atoms with Crippen molar-refractivity contribution < 1.29 is 18.1 Å². The molecule has 11 heteroatoms. The van der Waals surface area contributed by atoms with Gasteiger partial charge in [-0.2, -0.15) is 0 Å². The Morgan fingerprint density at radius 1 is 1.48 bits per heavy atom. The number of nitrogens with zero attached hydrogens (tertiary/aromatic N) is 4. The Kier molecular flexibility index (Phi) is 3.86. The van der Waals surface area contributed by atoms with Gasteiger partial charge in [0.15, 0.2) is 0 Å². The summed E-state index contributed by atoms with van der Waals surface area (Å²) in [6.45, 7) is -0.0474. The smallest absolute Gasteiger partial charge is 0.271 e. The van der Waals surface area contributed by atoms with E-state index in [0.29, 0.717) is 5.69 Å². The summed E-state index contributed by atoms with van der Waals surface area (Å²) < 4.78 is 29.7. The fourth-order valence-corrected chi connectivity index (χ4v) is 2.26. The van der Waals surface area contributed by atoms with Gasteiger partial charge in [0, 0.05) is 19.2 Å². The minimum absolute atomic E-state index is 0.0474. The van der Waals surface area contributed by atoms with Crippen LogP contribution in [0.1, 0.15) is 5.69 Å². The van der Waals surface area contributed by atoms with Gasteiger partial charge in [0.1, 0.15) is 22.9 Å². The van der Waals surface area contributed by atoms with Crippen LogP contribution in [0.4, 0.5) is 5.69 Å². The van der Waals surface area contributed by atoms with E-state index in [-0.39, 0.29) is 12.4 Å². The van der Waals surface area contributed by atoms with E-state index in [4.69, 9.17) is 9.88 Å². The molecule has 1 aromatic heterocycles. The average Bonchev–Trinajstić information content (AvgIpc) is 2.81. The molecule has 0 aliphatic carbocycles. The molecule has 0 unspecified atom stereocenters. The first kappa shape index (κ1) is 14.9. The van der Waals surface area contributed by atoms with E-state index in [1.807, 2.05) is 0 Å². The average molecular weight is 313 g/mol. The lowest BCUT2D eigenvalue weighted by Crippen LogP contribution is -2.14. The minimum atomic E-state index is -4.16. The van der Waals surface area contributed by atoms with Gasteiger partial charge in [-0.25, -0.2) is 13.6 Å². The molecule has 0 aliphatic heterocycles. The van der Waals surface area contributed by atoms with E-state index in [0.717, 1.165) is 12.1 Å². The molecule has 2 N–H and O–H groups in total. The standard InChI is InChI=1S/C10H11N5O5S/c1-14-5-7(12-13-14)6-20-9-3-2-8(15(16)17)4-10(9)21(11,18)19/h2-5H,6H2,1H3,(H2,11,18,19). The van der Waals surface area contributed by atoms with Gasteiger partial charge in [-0.15, -0.1) is 5.10 Å². The highest BCUT2D eigenvalue weighted by Crippen LogP contribution is 2.27. The number of nitro groups is 1. The number of sulfonamides is 1. The summed E-state index contributed by atoms with van der Waals surface area (Å²) in [6, 6.07) is 3.15. The first-order chi connectivity index (χ1) is 9.77. The van der Waals surface area contributed by atoms with Crippen molar-refractivity contribution in [2.24, 2.45) is 12.2 Å². The highest BCUT2D eigenvalue weighted by molar-refractivity contribution is 7.89. The second-order valence-electron chi connectivity index (χ2n) is 4.11. The number of nitro benzene ring substituents is 1. The number of rotatable bonds is 5. The van der Waals surface area contributed by atoms with Crippen molar-refractivity contribution in [3.8, 4) is 5.75 Å². The largest absolute Gasteiger partial charge is 0.486 e. The Hall–Kier alpha value is -2.53. The second-order valence-corrected chi connectivity index (χ2v) is 5.64. The van der Waals surface area contributed by atoms with Crippen molar-refractivity contribution >= 4 is 15.7 Å². The zero-order chi connectivity index (χ0) is 15.6.